The summed E-state index contributed by atoms with van der Waals surface area (Å²) in [5, 5.41) is 2.75. The van der Waals surface area contributed by atoms with Crippen LogP contribution in [0.5, 0.6) is 5.75 Å². The summed E-state index contributed by atoms with van der Waals surface area (Å²) in [4.78, 5) is 25.5. The molecule has 2 amide bonds. The first kappa shape index (κ1) is 18.3. The van der Waals surface area contributed by atoms with E-state index < -0.39 is 5.54 Å². The summed E-state index contributed by atoms with van der Waals surface area (Å²) in [6.45, 7) is 3.93. The zero-order valence-electron chi connectivity index (χ0n) is 13.0. The third-order valence-electron chi connectivity index (χ3n) is 3.39. The van der Waals surface area contributed by atoms with Crippen LogP contribution in [0.1, 0.15) is 26.7 Å². The van der Waals surface area contributed by atoms with Crippen LogP contribution in [-0.2, 0) is 9.59 Å². The Kier molecular flexibility index (Phi) is 5.79. The van der Waals surface area contributed by atoms with Gasteiger partial charge in [-0.2, -0.15) is 0 Å². The minimum Gasteiger partial charge on any atom is -0.495 e. The number of carbonyl (C=O) groups excluding carboxylic acids is 2. The second kappa shape index (κ2) is 6.98. The molecule has 1 heterocycles. The number of hydrogen-bond donors (Lipinski definition) is 2. The number of carbonyl (C=O) groups is 2. The maximum absolute atomic E-state index is 11.9. The summed E-state index contributed by atoms with van der Waals surface area (Å²) in [5.74, 6) is 0.387. The second-order valence-corrected chi connectivity index (χ2v) is 5.71. The highest BCUT2D eigenvalue weighted by Crippen LogP contribution is 2.34. The molecule has 1 aromatic rings. The lowest BCUT2D eigenvalue weighted by Gasteiger charge is -2.22. The van der Waals surface area contributed by atoms with Crippen molar-refractivity contribution >= 4 is 35.6 Å². The molecule has 22 heavy (non-hydrogen) atoms. The largest absolute Gasteiger partial charge is 0.495 e. The average molecular weight is 328 g/mol. The topological polar surface area (TPSA) is 84.7 Å². The van der Waals surface area contributed by atoms with Gasteiger partial charge in [0.1, 0.15) is 5.75 Å². The molecule has 0 aliphatic carbocycles. The van der Waals surface area contributed by atoms with Crippen LogP contribution in [0.3, 0.4) is 0 Å². The number of methoxy groups -OCH3 is 1. The van der Waals surface area contributed by atoms with Gasteiger partial charge in [-0.15, -0.1) is 12.4 Å². The standard InChI is InChI=1S/C15H21N3O3.ClH/c1-15(2,16)14(20)17-10-6-7-12(21-3)11(9-10)18-8-4-5-13(18)19;/h6-7,9H,4-5,8,16H2,1-3H3,(H,17,20);1H. The summed E-state index contributed by atoms with van der Waals surface area (Å²) in [6.07, 6.45) is 1.37. The predicted molar refractivity (Wildman–Crippen MR) is 88.7 cm³/mol. The number of amides is 2. The highest BCUT2D eigenvalue weighted by Gasteiger charge is 2.26. The Bertz CT molecular complexity index is 570. The van der Waals surface area contributed by atoms with E-state index >= 15 is 0 Å². The lowest BCUT2D eigenvalue weighted by molar-refractivity contribution is -0.120. The molecule has 1 aliphatic rings. The minimum atomic E-state index is -0.969. The first-order valence-electron chi connectivity index (χ1n) is 6.91. The molecule has 0 atom stereocenters. The number of hydrogen-bond acceptors (Lipinski definition) is 4. The van der Waals surface area contributed by atoms with E-state index in [2.05, 4.69) is 5.32 Å². The Hall–Kier alpha value is -1.79. The lowest BCUT2D eigenvalue weighted by atomic mass is 10.1. The monoisotopic (exact) mass is 327 g/mol. The van der Waals surface area contributed by atoms with Gasteiger partial charge >= 0.3 is 0 Å². The molecule has 0 aromatic heterocycles. The van der Waals surface area contributed by atoms with E-state index in [1.54, 1.807) is 44.1 Å². The van der Waals surface area contributed by atoms with Crippen molar-refractivity contribution in [2.75, 3.05) is 23.9 Å². The van der Waals surface area contributed by atoms with Gasteiger partial charge in [0.25, 0.3) is 0 Å². The molecule has 3 N–H and O–H groups in total. The SMILES string of the molecule is COc1ccc(NC(=O)C(C)(C)N)cc1N1CCCC1=O.Cl. The van der Waals surface area contributed by atoms with Gasteiger partial charge in [0, 0.05) is 18.7 Å². The van der Waals surface area contributed by atoms with E-state index in [9.17, 15) is 9.59 Å². The van der Waals surface area contributed by atoms with Crippen LogP contribution in [0.15, 0.2) is 18.2 Å². The van der Waals surface area contributed by atoms with Gasteiger partial charge in [0.2, 0.25) is 11.8 Å². The van der Waals surface area contributed by atoms with Gasteiger partial charge < -0.3 is 20.7 Å². The van der Waals surface area contributed by atoms with E-state index in [0.29, 0.717) is 30.1 Å². The molecule has 1 aromatic carbocycles. The van der Waals surface area contributed by atoms with E-state index in [-0.39, 0.29) is 24.2 Å². The fourth-order valence-corrected chi connectivity index (χ4v) is 2.17. The van der Waals surface area contributed by atoms with Crippen LogP contribution < -0.4 is 20.7 Å². The van der Waals surface area contributed by atoms with E-state index in [4.69, 9.17) is 10.5 Å². The number of anilines is 2. The molecular weight excluding hydrogens is 306 g/mol. The Morgan fingerprint density at radius 1 is 1.41 bits per heavy atom. The van der Waals surface area contributed by atoms with Crippen molar-refractivity contribution in [2.24, 2.45) is 5.73 Å². The Morgan fingerprint density at radius 2 is 2.09 bits per heavy atom. The molecule has 1 aliphatic heterocycles. The Labute approximate surface area is 136 Å². The van der Waals surface area contributed by atoms with Gasteiger partial charge in [0.15, 0.2) is 0 Å². The van der Waals surface area contributed by atoms with Crippen molar-refractivity contribution in [3.8, 4) is 5.75 Å². The van der Waals surface area contributed by atoms with E-state index in [1.165, 1.54) is 0 Å². The average Bonchev–Trinajstić information content (AvgIpc) is 2.83. The van der Waals surface area contributed by atoms with E-state index in [0.717, 1.165) is 6.42 Å². The van der Waals surface area contributed by atoms with Crippen molar-refractivity contribution in [1.82, 2.24) is 0 Å². The Morgan fingerprint density at radius 3 is 2.59 bits per heavy atom. The predicted octanol–water partition coefficient (Wildman–Crippen LogP) is 1.92. The first-order chi connectivity index (χ1) is 9.82. The van der Waals surface area contributed by atoms with Crippen LogP contribution in [0.25, 0.3) is 0 Å². The Balaban J connectivity index is 0.00000242. The van der Waals surface area contributed by atoms with Gasteiger partial charge in [0.05, 0.1) is 18.3 Å². The van der Waals surface area contributed by atoms with Crippen molar-refractivity contribution in [2.45, 2.75) is 32.2 Å². The zero-order valence-corrected chi connectivity index (χ0v) is 13.8. The molecular formula is C15H22ClN3O3. The van der Waals surface area contributed by atoms with Gasteiger partial charge in [-0.3, -0.25) is 9.59 Å². The molecule has 0 saturated carbocycles. The summed E-state index contributed by atoms with van der Waals surface area (Å²) < 4.78 is 5.30. The number of rotatable bonds is 4. The van der Waals surface area contributed by atoms with Crippen molar-refractivity contribution in [3.05, 3.63) is 18.2 Å². The molecule has 7 heteroatoms. The molecule has 0 spiro atoms. The highest BCUT2D eigenvalue weighted by atomic mass is 35.5. The molecule has 1 fully saturated rings. The quantitative estimate of drug-likeness (QED) is 0.884. The first-order valence-corrected chi connectivity index (χ1v) is 6.91. The van der Waals surface area contributed by atoms with Crippen LogP contribution in [0.4, 0.5) is 11.4 Å². The smallest absolute Gasteiger partial charge is 0.243 e. The third-order valence-corrected chi connectivity index (χ3v) is 3.39. The number of benzene rings is 1. The lowest BCUT2D eigenvalue weighted by Crippen LogP contribution is -2.45. The molecule has 2 rings (SSSR count). The van der Waals surface area contributed by atoms with Crippen molar-refractivity contribution in [1.29, 1.82) is 0 Å². The summed E-state index contributed by atoms with van der Waals surface area (Å²) >= 11 is 0. The summed E-state index contributed by atoms with van der Waals surface area (Å²) in [7, 11) is 1.56. The van der Waals surface area contributed by atoms with Crippen LogP contribution in [0.2, 0.25) is 0 Å². The molecule has 0 unspecified atom stereocenters. The van der Waals surface area contributed by atoms with Gasteiger partial charge in [-0.05, 0) is 38.5 Å². The third kappa shape index (κ3) is 3.90. The number of halogens is 1. The van der Waals surface area contributed by atoms with Crippen LogP contribution >= 0.6 is 12.4 Å². The van der Waals surface area contributed by atoms with E-state index in [1.807, 2.05) is 0 Å². The molecule has 6 nitrogen and oxygen atoms in total. The fourth-order valence-electron chi connectivity index (χ4n) is 2.17. The molecule has 1 saturated heterocycles. The molecule has 0 radical (unpaired) electrons. The number of nitrogens with two attached hydrogens (primary N) is 1. The van der Waals surface area contributed by atoms with Crippen LogP contribution in [0, 0.1) is 0 Å². The summed E-state index contributed by atoms with van der Waals surface area (Å²) in [6, 6.07) is 5.21. The minimum absolute atomic E-state index is 0. The summed E-state index contributed by atoms with van der Waals surface area (Å²) in [5.41, 5.74) is 6.06. The maximum atomic E-state index is 11.9. The maximum Gasteiger partial charge on any atom is 0.243 e. The molecule has 122 valence electrons. The van der Waals surface area contributed by atoms with Crippen molar-refractivity contribution in [3.63, 3.8) is 0 Å². The van der Waals surface area contributed by atoms with Gasteiger partial charge in [-0.25, -0.2) is 0 Å². The highest BCUT2D eigenvalue weighted by molar-refractivity contribution is 6.00. The molecule has 0 bridgehead atoms. The normalized spacial score (nSPS) is 14.5. The van der Waals surface area contributed by atoms with Gasteiger partial charge in [-0.1, -0.05) is 0 Å². The second-order valence-electron chi connectivity index (χ2n) is 5.71. The number of nitrogens with zero attached hydrogens (tertiary/aromatic N) is 1. The fraction of sp³-hybridized carbons (Fsp3) is 0.467. The number of ether oxygens (including phenoxy) is 1. The number of nitrogens with one attached hydrogen (secondary N) is 1. The van der Waals surface area contributed by atoms with Crippen molar-refractivity contribution < 1.29 is 14.3 Å². The van der Waals surface area contributed by atoms with Crippen LogP contribution in [-0.4, -0.2) is 31.0 Å². The zero-order chi connectivity index (χ0) is 15.6.